The molecule has 0 fully saturated rings. The zero-order valence-electron chi connectivity index (χ0n) is 10.7. The van der Waals surface area contributed by atoms with Crippen LogP contribution in [0.4, 0.5) is 0 Å². The molecule has 2 atom stereocenters. The van der Waals surface area contributed by atoms with E-state index in [9.17, 15) is 0 Å². The number of aromatic nitrogens is 2. The minimum Gasteiger partial charge on any atom is -0.480 e. The van der Waals surface area contributed by atoms with Gasteiger partial charge < -0.3 is 10.1 Å². The monoisotopic (exact) mass is 223 g/mol. The number of hydrogen-bond donors (Lipinski definition) is 1. The smallest absolute Gasteiger partial charge is 0.237 e. The highest BCUT2D eigenvalue weighted by atomic mass is 16.5. The van der Waals surface area contributed by atoms with Gasteiger partial charge in [-0.15, -0.1) is 0 Å². The van der Waals surface area contributed by atoms with Crippen LogP contribution in [0.1, 0.15) is 32.5 Å². The molecule has 0 spiro atoms. The first kappa shape index (κ1) is 12.9. The van der Waals surface area contributed by atoms with E-state index < -0.39 is 0 Å². The predicted molar refractivity (Wildman–Crippen MR) is 64.4 cm³/mol. The lowest BCUT2D eigenvalue weighted by atomic mass is 9.88. The van der Waals surface area contributed by atoms with E-state index in [2.05, 4.69) is 36.1 Å². The first-order chi connectivity index (χ1) is 7.61. The molecule has 90 valence electrons. The van der Waals surface area contributed by atoms with Crippen molar-refractivity contribution in [3.63, 3.8) is 0 Å². The Balaban J connectivity index is 3.03. The number of nitrogens with zero attached hydrogens (tertiary/aromatic N) is 2. The fourth-order valence-corrected chi connectivity index (χ4v) is 1.74. The molecule has 2 unspecified atom stereocenters. The number of ether oxygens (including phenoxy) is 1. The zero-order valence-corrected chi connectivity index (χ0v) is 10.7. The molecule has 4 nitrogen and oxygen atoms in total. The third kappa shape index (κ3) is 2.70. The van der Waals surface area contributed by atoms with Gasteiger partial charge in [0.05, 0.1) is 13.2 Å². The predicted octanol–water partition coefficient (Wildman–Crippen LogP) is 2.04. The van der Waals surface area contributed by atoms with Crippen molar-refractivity contribution in [2.45, 2.75) is 26.8 Å². The molecule has 0 aromatic carbocycles. The van der Waals surface area contributed by atoms with Crippen LogP contribution in [0.2, 0.25) is 0 Å². The molecule has 1 heterocycles. The van der Waals surface area contributed by atoms with Crippen LogP contribution >= 0.6 is 0 Å². The summed E-state index contributed by atoms with van der Waals surface area (Å²) in [5, 5.41) is 3.29. The van der Waals surface area contributed by atoms with Crippen LogP contribution < -0.4 is 10.1 Å². The average molecular weight is 223 g/mol. The van der Waals surface area contributed by atoms with Gasteiger partial charge in [0.25, 0.3) is 0 Å². The summed E-state index contributed by atoms with van der Waals surface area (Å²) in [6, 6.07) is 0.170. The van der Waals surface area contributed by atoms with Gasteiger partial charge in [0.15, 0.2) is 0 Å². The quantitative estimate of drug-likeness (QED) is 0.829. The third-order valence-corrected chi connectivity index (χ3v) is 3.07. The molecule has 0 aliphatic carbocycles. The van der Waals surface area contributed by atoms with Crippen LogP contribution in [-0.4, -0.2) is 24.1 Å². The zero-order chi connectivity index (χ0) is 12.1. The van der Waals surface area contributed by atoms with Gasteiger partial charge in [-0.1, -0.05) is 20.8 Å². The molecular weight excluding hydrogens is 202 g/mol. The van der Waals surface area contributed by atoms with Gasteiger partial charge in [-0.25, -0.2) is 4.98 Å². The first-order valence-corrected chi connectivity index (χ1v) is 5.64. The van der Waals surface area contributed by atoms with Gasteiger partial charge in [-0.2, -0.15) is 0 Å². The summed E-state index contributed by atoms with van der Waals surface area (Å²) in [5.74, 6) is 1.65. The van der Waals surface area contributed by atoms with Crippen molar-refractivity contribution in [3.8, 4) is 5.88 Å². The van der Waals surface area contributed by atoms with Crippen LogP contribution in [0.3, 0.4) is 0 Å². The number of hydrogen-bond acceptors (Lipinski definition) is 4. The molecule has 0 radical (unpaired) electrons. The Morgan fingerprint density at radius 2 is 1.81 bits per heavy atom. The summed E-state index contributed by atoms with van der Waals surface area (Å²) in [6.45, 7) is 6.62. The Morgan fingerprint density at radius 1 is 1.19 bits per heavy atom. The van der Waals surface area contributed by atoms with Crippen molar-refractivity contribution in [3.05, 3.63) is 18.1 Å². The van der Waals surface area contributed by atoms with Crippen molar-refractivity contribution in [1.29, 1.82) is 0 Å². The van der Waals surface area contributed by atoms with Gasteiger partial charge in [0.2, 0.25) is 5.88 Å². The van der Waals surface area contributed by atoms with Gasteiger partial charge >= 0.3 is 0 Å². The molecule has 0 aliphatic heterocycles. The van der Waals surface area contributed by atoms with E-state index in [0.717, 1.165) is 5.69 Å². The second-order valence-electron chi connectivity index (χ2n) is 4.32. The molecule has 1 rings (SSSR count). The van der Waals surface area contributed by atoms with Crippen molar-refractivity contribution in [2.75, 3.05) is 14.2 Å². The minimum absolute atomic E-state index is 0.170. The molecule has 1 aromatic rings. The Hall–Kier alpha value is -1.16. The van der Waals surface area contributed by atoms with Crippen molar-refractivity contribution >= 4 is 0 Å². The molecule has 0 aliphatic rings. The van der Waals surface area contributed by atoms with Gasteiger partial charge in [-0.05, 0) is 18.9 Å². The fourth-order valence-electron chi connectivity index (χ4n) is 1.74. The molecule has 0 saturated heterocycles. The van der Waals surface area contributed by atoms with Gasteiger partial charge in [0, 0.05) is 12.4 Å². The SMILES string of the molecule is CNC(c1nccnc1OC)C(C)C(C)C. The Kier molecular flexibility index (Phi) is 4.68. The Labute approximate surface area is 97.5 Å². The second kappa shape index (κ2) is 5.80. The molecule has 4 heteroatoms. The van der Waals surface area contributed by atoms with Crippen LogP contribution in [0.5, 0.6) is 5.88 Å². The standard InChI is InChI=1S/C12H21N3O/c1-8(2)9(3)10(13-4)11-12(16-5)15-7-6-14-11/h6-10,13H,1-5H3. The highest BCUT2D eigenvalue weighted by Crippen LogP contribution is 2.30. The molecule has 1 aromatic heterocycles. The molecule has 16 heavy (non-hydrogen) atoms. The van der Waals surface area contributed by atoms with E-state index in [1.54, 1.807) is 19.5 Å². The number of nitrogens with one attached hydrogen (secondary N) is 1. The maximum Gasteiger partial charge on any atom is 0.237 e. The lowest BCUT2D eigenvalue weighted by molar-refractivity contribution is 0.297. The molecular formula is C12H21N3O. The van der Waals surface area contributed by atoms with Crippen LogP contribution in [0, 0.1) is 11.8 Å². The average Bonchev–Trinajstić information content (AvgIpc) is 2.30. The highest BCUT2D eigenvalue weighted by molar-refractivity contribution is 5.21. The second-order valence-corrected chi connectivity index (χ2v) is 4.32. The van der Waals surface area contributed by atoms with E-state index in [1.807, 2.05) is 7.05 Å². The maximum atomic E-state index is 5.24. The fraction of sp³-hybridized carbons (Fsp3) is 0.667. The van der Waals surface area contributed by atoms with E-state index in [1.165, 1.54) is 0 Å². The Bertz CT molecular complexity index is 328. The summed E-state index contributed by atoms with van der Waals surface area (Å²) in [4.78, 5) is 8.56. The van der Waals surface area contributed by atoms with Crippen LogP contribution in [0.25, 0.3) is 0 Å². The van der Waals surface area contributed by atoms with Crippen LogP contribution in [0.15, 0.2) is 12.4 Å². The van der Waals surface area contributed by atoms with Crippen molar-refractivity contribution < 1.29 is 4.74 Å². The molecule has 0 bridgehead atoms. The van der Waals surface area contributed by atoms with E-state index in [4.69, 9.17) is 4.74 Å². The Morgan fingerprint density at radius 3 is 2.31 bits per heavy atom. The van der Waals surface area contributed by atoms with Crippen molar-refractivity contribution in [2.24, 2.45) is 11.8 Å². The number of rotatable bonds is 5. The molecule has 0 amide bonds. The topological polar surface area (TPSA) is 47.0 Å². The maximum absolute atomic E-state index is 5.24. The van der Waals surface area contributed by atoms with E-state index in [0.29, 0.717) is 17.7 Å². The highest BCUT2D eigenvalue weighted by Gasteiger charge is 2.25. The summed E-state index contributed by atoms with van der Waals surface area (Å²) >= 11 is 0. The van der Waals surface area contributed by atoms with Gasteiger partial charge in [-0.3, -0.25) is 4.98 Å². The van der Waals surface area contributed by atoms with E-state index in [-0.39, 0.29) is 6.04 Å². The largest absolute Gasteiger partial charge is 0.480 e. The van der Waals surface area contributed by atoms with Crippen LogP contribution in [-0.2, 0) is 0 Å². The van der Waals surface area contributed by atoms with Crippen molar-refractivity contribution in [1.82, 2.24) is 15.3 Å². The summed E-state index contributed by atoms with van der Waals surface area (Å²) in [7, 11) is 3.57. The number of methoxy groups -OCH3 is 1. The van der Waals surface area contributed by atoms with E-state index >= 15 is 0 Å². The lowest BCUT2D eigenvalue weighted by Crippen LogP contribution is -2.28. The molecule has 1 N–H and O–H groups in total. The lowest BCUT2D eigenvalue weighted by Gasteiger charge is -2.26. The normalized spacial score (nSPS) is 14.9. The van der Waals surface area contributed by atoms with Gasteiger partial charge in [0.1, 0.15) is 5.69 Å². The first-order valence-electron chi connectivity index (χ1n) is 5.64. The molecule has 0 saturated carbocycles. The summed E-state index contributed by atoms with van der Waals surface area (Å²) < 4.78 is 5.24. The third-order valence-electron chi connectivity index (χ3n) is 3.07. The summed E-state index contributed by atoms with van der Waals surface area (Å²) in [5.41, 5.74) is 0.883. The minimum atomic E-state index is 0.170. The summed E-state index contributed by atoms with van der Waals surface area (Å²) in [6.07, 6.45) is 3.35.